The first-order valence-corrected chi connectivity index (χ1v) is 27.4. The zero-order valence-electron chi connectivity index (χ0n) is 41.8. The van der Waals surface area contributed by atoms with Crippen LogP contribution in [0.2, 0.25) is 0 Å². The molecule has 0 aromatic carbocycles. The van der Waals surface area contributed by atoms with Crippen LogP contribution in [0.3, 0.4) is 0 Å². The minimum Gasteiger partial charge on any atom is -0.466 e. The molecule has 0 aliphatic carbocycles. The minimum absolute atomic E-state index is 0.0309. The van der Waals surface area contributed by atoms with Gasteiger partial charge in [0, 0.05) is 12.8 Å². The van der Waals surface area contributed by atoms with Gasteiger partial charge < -0.3 is 20.3 Å². The summed E-state index contributed by atoms with van der Waals surface area (Å²) in [5.41, 5.74) is 0. The summed E-state index contributed by atoms with van der Waals surface area (Å²) in [6.07, 6.45) is 65.5. The molecule has 0 aliphatic rings. The highest BCUT2D eigenvalue weighted by atomic mass is 16.5. The second kappa shape index (κ2) is 52.4. The van der Waals surface area contributed by atoms with Gasteiger partial charge >= 0.3 is 5.97 Å². The molecule has 63 heavy (non-hydrogen) atoms. The molecule has 0 aliphatic heterocycles. The van der Waals surface area contributed by atoms with Gasteiger partial charge in [0.1, 0.15) is 0 Å². The summed E-state index contributed by atoms with van der Waals surface area (Å²) in [6.45, 7) is 4.83. The Kier molecular flexibility index (Phi) is 50.6. The number of aliphatic hydroxyl groups is 2. The van der Waals surface area contributed by atoms with Gasteiger partial charge in [0.15, 0.2) is 0 Å². The number of hydrogen-bond acceptors (Lipinski definition) is 5. The summed E-state index contributed by atoms with van der Waals surface area (Å²) in [5, 5.41) is 23.1. The largest absolute Gasteiger partial charge is 0.466 e. The number of allylic oxidation sites excluding steroid dienone is 7. The average molecular weight is 884 g/mol. The summed E-state index contributed by atoms with van der Waals surface area (Å²) >= 11 is 0. The third-order valence-electron chi connectivity index (χ3n) is 12.3. The molecule has 0 aromatic heterocycles. The highest BCUT2D eigenvalue weighted by Crippen LogP contribution is 2.15. The number of nitrogens with one attached hydrogen (secondary N) is 1. The molecule has 0 fully saturated rings. The maximum absolute atomic E-state index is 12.4. The SMILES string of the molecule is CCCCCCCCC/C=C\CCCCCCCC(=O)OCCCCC/C=C\C=C/CCCCCCCCC(=O)NC(CO)C(O)/C=C/CCCCCCCCCCCCCCC. The molecule has 0 radical (unpaired) electrons. The van der Waals surface area contributed by atoms with E-state index in [1.165, 1.54) is 173 Å². The van der Waals surface area contributed by atoms with E-state index in [0.717, 1.165) is 77.0 Å². The van der Waals surface area contributed by atoms with Gasteiger partial charge in [-0.3, -0.25) is 9.59 Å². The number of carbonyl (C=O) groups excluding carboxylic acids is 2. The van der Waals surface area contributed by atoms with Crippen LogP contribution in [0.25, 0.3) is 0 Å². The number of carbonyl (C=O) groups is 2. The lowest BCUT2D eigenvalue weighted by Gasteiger charge is -2.20. The molecule has 0 bridgehead atoms. The van der Waals surface area contributed by atoms with Gasteiger partial charge in [0.2, 0.25) is 5.91 Å². The molecule has 0 aromatic rings. The maximum atomic E-state index is 12.4. The number of rotatable bonds is 50. The molecule has 0 saturated carbocycles. The van der Waals surface area contributed by atoms with Crippen molar-refractivity contribution in [3.05, 3.63) is 48.6 Å². The Morgan fingerprint density at radius 3 is 1.22 bits per heavy atom. The van der Waals surface area contributed by atoms with Crippen molar-refractivity contribution in [2.45, 2.75) is 289 Å². The van der Waals surface area contributed by atoms with Gasteiger partial charge in [-0.2, -0.15) is 0 Å². The van der Waals surface area contributed by atoms with Crippen LogP contribution in [0.4, 0.5) is 0 Å². The Bertz CT molecular complexity index is 1070. The minimum atomic E-state index is -0.859. The molecule has 2 atom stereocenters. The first-order valence-electron chi connectivity index (χ1n) is 27.4. The number of ether oxygens (including phenoxy) is 1. The molecule has 6 nitrogen and oxygen atoms in total. The monoisotopic (exact) mass is 884 g/mol. The lowest BCUT2D eigenvalue weighted by atomic mass is 10.0. The molecule has 3 N–H and O–H groups in total. The van der Waals surface area contributed by atoms with E-state index in [9.17, 15) is 19.8 Å². The van der Waals surface area contributed by atoms with Gasteiger partial charge in [-0.25, -0.2) is 0 Å². The van der Waals surface area contributed by atoms with Crippen LogP contribution >= 0.6 is 0 Å². The van der Waals surface area contributed by atoms with Gasteiger partial charge in [-0.05, 0) is 89.9 Å². The van der Waals surface area contributed by atoms with Gasteiger partial charge in [-0.1, -0.05) is 223 Å². The fourth-order valence-electron chi connectivity index (χ4n) is 8.09. The van der Waals surface area contributed by atoms with Crippen molar-refractivity contribution in [3.8, 4) is 0 Å². The van der Waals surface area contributed by atoms with E-state index < -0.39 is 12.1 Å². The van der Waals surface area contributed by atoms with Crippen LogP contribution in [0, 0.1) is 0 Å². The van der Waals surface area contributed by atoms with Gasteiger partial charge in [0.05, 0.1) is 25.4 Å². The Morgan fingerprint density at radius 1 is 0.444 bits per heavy atom. The molecule has 0 rings (SSSR count). The Labute approximate surface area is 391 Å². The van der Waals surface area contributed by atoms with Crippen molar-refractivity contribution in [3.63, 3.8) is 0 Å². The normalized spacial score (nSPS) is 13.0. The van der Waals surface area contributed by atoms with E-state index >= 15 is 0 Å². The van der Waals surface area contributed by atoms with Crippen molar-refractivity contribution >= 4 is 11.9 Å². The zero-order valence-corrected chi connectivity index (χ0v) is 41.8. The number of amides is 1. The van der Waals surface area contributed by atoms with Crippen molar-refractivity contribution < 1.29 is 24.5 Å². The second-order valence-electron chi connectivity index (χ2n) is 18.6. The number of unbranched alkanes of at least 4 members (excludes halogenated alkanes) is 34. The number of esters is 1. The molecule has 368 valence electrons. The van der Waals surface area contributed by atoms with E-state index in [4.69, 9.17) is 4.74 Å². The van der Waals surface area contributed by atoms with E-state index in [2.05, 4.69) is 55.6 Å². The smallest absolute Gasteiger partial charge is 0.305 e. The molecule has 6 heteroatoms. The van der Waals surface area contributed by atoms with Crippen LogP contribution < -0.4 is 5.32 Å². The Hall–Kier alpha value is -2.18. The van der Waals surface area contributed by atoms with Crippen LogP contribution in [0.15, 0.2) is 48.6 Å². The fourth-order valence-corrected chi connectivity index (χ4v) is 8.09. The third-order valence-corrected chi connectivity index (χ3v) is 12.3. The molecule has 2 unspecified atom stereocenters. The lowest BCUT2D eigenvalue weighted by molar-refractivity contribution is -0.143. The highest BCUT2D eigenvalue weighted by molar-refractivity contribution is 5.76. The topological polar surface area (TPSA) is 95.9 Å². The molecular formula is C57H105NO5. The molecule has 1 amide bonds. The lowest BCUT2D eigenvalue weighted by Crippen LogP contribution is -2.45. The average Bonchev–Trinajstić information content (AvgIpc) is 3.28. The van der Waals surface area contributed by atoms with Gasteiger partial charge in [0.25, 0.3) is 0 Å². The van der Waals surface area contributed by atoms with Crippen molar-refractivity contribution in [2.75, 3.05) is 13.2 Å². The summed E-state index contributed by atoms with van der Waals surface area (Å²) < 4.78 is 5.44. The molecule has 0 heterocycles. The van der Waals surface area contributed by atoms with E-state index in [-0.39, 0.29) is 18.5 Å². The third kappa shape index (κ3) is 49.1. The second-order valence-corrected chi connectivity index (χ2v) is 18.6. The van der Waals surface area contributed by atoms with Crippen LogP contribution in [0.5, 0.6) is 0 Å². The zero-order chi connectivity index (χ0) is 45.8. The van der Waals surface area contributed by atoms with Crippen LogP contribution in [0.1, 0.15) is 277 Å². The fraction of sp³-hybridized carbons (Fsp3) is 0.825. The summed E-state index contributed by atoms with van der Waals surface area (Å²) in [5.74, 6) is -0.122. The molecule has 0 spiro atoms. The summed E-state index contributed by atoms with van der Waals surface area (Å²) in [7, 11) is 0. The predicted octanol–water partition coefficient (Wildman–Crippen LogP) is 16.6. The van der Waals surface area contributed by atoms with Crippen molar-refractivity contribution in [2.24, 2.45) is 0 Å². The number of aliphatic hydroxyl groups excluding tert-OH is 2. The molecular weight excluding hydrogens is 779 g/mol. The quantitative estimate of drug-likeness (QED) is 0.0245. The van der Waals surface area contributed by atoms with Crippen molar-refractivity contribution in [1.29, 1.82) is 0 Å². The Morgan fingerprint density at radius 2 is 0.794 bits per heavy atom. The predicted molar refractivity (Wildman–Crippen MR) is 273 cm³/mol. The van der Waals surface area contributed by atoms with E-state index in [1.54, 1.807) is 6.08 Å². The van der Waals surface area contributed by atoms with Crippen LogP contribution in [-0.2, 0) is 14.3 Å². The van der Waals surface area contributed by atoms with Crippen LogP contribution in [-0.4, -0.2) is 47.4 Å². The summed E-state index contributed by atoms with van der Waals surface area (Å²) in [6, 6.07) is -0.645. The maximum Gasteiger partial charge on any atom is 0.305 e. The standard InChI is InChI=1S/C57H105NO5/c1-3-5-7-9-11-13-15-17-19-23-27-31-35-39-43-47-51-57(62)63-52-48-44-40-36-32-28-24-20-22-26-30-34-38-42-46-50-56(61)58-54(53-59)55(60)49-45-41-37-33-29-25-21-18-16-14-12-10-8-6-4-2/h19-20,23-24,28,32,45,49,54-55,59-60H,3-18,21-22,25-27,29-31,33-44,46-48,50-53H2,1-2H3,(H,58,61)/b23-19-,24-20-,32-28-,49-45+. The highest BCUT2D eigenvalue weighted by Gasteiger charge is 2.18. The first kappa shape index (κ1) is 60.8. The Balaban J connectivity index is 3.56. The summed E-state index contributed by atoms with van der Waals surface area (Å²) in [4.78, 5) is 24.5. The molecule has 0 saturated heterocycles. The van der Waals surface area contributed by atoms with E-state index in [0.29, 0.717) is 19.4 Å². The number of hydrogen-bond donors (Lipinski definition) is 3. The van der Waals surface area contributed by atoms with Crippen molar-refractivity contribution in [1.82, 2.24) is 5.32 Å². The van der Waals surface area contributed by atoms with Gasteiger partial charge in [-0.15, -0.1) is 0 Å². The van der Waals surface area contributed by atoms with E-state index in [1.807, 2.05) is 6.08 Å². The first-order chi connectivity index (χ1) is 31.0.